The number of aromatic nitrogens is 1. The molecule has 5 aromatic rings. The van der Waals surface area contributed by atoms with E-state index in [-0.39, 0.29) is 0 Å². The number of rotatable bonds is 19. The molecule has 1 fully saturated rings. The van der Waals surface area contributed by atoms with Gasteiger partial charge in [0.1, 0.15) is 0 Å². The molecule has 8 rings (SSSR count). The molecule has 0 saturated heterocycles. The number of hydrogen-bond donors (Lipinski definition) is 0. The topological polar surface area (TPSA) is 12.9 Å². The van der Waals surface area contributed by atoms with Crippen LogP contribution >= 0.6 is 0 Å². The van der Waals surface area contributed by atoms with Gasteiger partial charge in [0.2, 0.25) is 0 Å². The van der Waals surface area contributed by atoms with Crippen LogP contribution in [0.15, 0.2) is 152 Å². The molecule has 64 heavy (non-hydrogen) atoms. The minimum atomic E-state index is 0.381. The van der Waals surface area contributed by atoms with E-state index in [2.05, 4.69) is 160 Å². The lowest BCUT2D eigenvalue weighted by atomic mass is 9.83. The molecule has 3 aliphatic rings. The Bertz CT molecular complexity index is 2380. The number of allylic oxidation sites excluding steroid dienone is 7. The van der Waals surface area contributed by atoms with Crippen LogP contribution in [0.25, 0.3) is 44.6 Å². The molecule has 1 nitrogen and oxygen atoms in total. The second-order valence-electron chi connectivity index (χ2n) is 19.7. The molecule has 1 heteroatoms. The molecule has 4 aromatic carbocycles. The molecule has 0 spiro atoms. The lowest BCUT2D eigenvalue weighted by Crippen LogP contribution is -2.07. The third-order valence-electron chi connectivity index (χ3n) is 14.8. The van der Waals surface area contributed by atoms with Crippen LogP contribution in [0, 0.1) is 11.8 Å². The van der Waals surface area contributed by atoms with Crippen molar-refractivity contribution in [1.82, 2.24) is 4.98 Å². The molecule has 0 radical (unpaired) electrons. The fourth-order valence-electron chi connectivity index (χ4n) is 11.1. The molecule has 332 valence electrons. The van der Waals surface area contributed by atoms with Crippen molar-refractivity contribution in [3.63, 3.8) is 0 Å². The van der Waals surface area contributed by atoms with E-state index in [1.807, 2.05) is 0 Å². The van der Waals surface area contributed by atoms with Gasteiger partial charge in [0.25, 0.3) is 0 Å². The van der Waals surface area contributed by atoms with Crippen molar-refractivity contribution in [3.8, 4) is 44.6 Å². The van der Waals surface area contributed by atoms with Gasteiger partial charge in [-0.05, 0) is 176 Å². The first-order valence-corrected chi connectivity index (χ1v) is 25.6. The number of benzene rings is 4. The van der Waals surface area contributed by atoms with Crippen molar-refractivity contribution >= 4 is 0 Å². The maximum Gasteiger partial charge on any atom is 0.0711 e. The van der Waals surface area contributed by atoms with Crippen molar-refractivity contribution in [2.45, 2.75) is 154 Å². The van der Waals surface area contributed by atoms with Crippen molar-refractivity contribution in [3.05, 3.63) is 174 Å². The molecular weight excluding hydrogens is 771 g/mol. The molecular formula is C63H75N. The highest BCUT2D eigenvalue weighted by Crippen LogP contribution is 2.38. The van der Waals surface area contributed by atoms with E-state index in [1.165, 1.54) is 177 Å². The minimum absolute atomic E-state index is 0.381. The Morgan fingerprint density at radius 2 is 1.41 bits per heavy atom. The predicted molar refractivity (Wildman–Crippen MR) is 277 cm³/mol. The zero-order chi connectivity index (χ0) is 43.9. The predicted octanol–water partition coefficient (Wildman–Crippen LogP) is 18.6. The molecule has 0 aliphatic heterocycles. The van der Waals surface area contributed by atoms with Crippen LogP contribution in [0.4, 0.5) is 0 Å². The second-order valence-corrected chi connectivity index (χ2v) is 19.7. The Hall–Kier alpha value is -5.01. The van der Waals surface area contributed by atoms with E-state index in [9.17, 15) is 0 Å². The number of pyridine rings is 1. The summed E-state index contributed by atoms with van der Waals surface area (Å²) in [5.74, 6) is 2.39. The first-order valence-electron chi connectivity index (χ1n) is 25.6. The van der Waals surface area contributed by atoms with Crippen LogP contribution in [-0.4, -0.2) is 4.98 Å². The summed E-state index contributed by atoms with van der Waals surface area (Å²) in [5.41, 5.74) is 17.2. The highest BCUT2D eigenvalue weighted by Gasteiger charge is 2.21. The van der Waals surface area contributed by atoms with Crippen molar-refractivity contribution in [1.29, 1.82) is 0 Å². The van der Waals surface area contributed by atoms with Gasteiger partial charge in [0.15, 0.2) is 0 Å². The third-order valence-corrected chi connectivity index (χ3v) is 14.8. The quantitative estimate of drug-likeness (QED) is 0.0596. The van der Waals surface area contributed by atoms with Gasteiger partial charge < -0.3 is 0 Å². The molecule has 1 aromatic heterocycles. The van der Waals surface area contributed by atoms with Gasteiger partial charge in [0.05, 0.1) is 5.69 Å². The van der Waals surface area contributed by atoms with Gasteiger partial charge in [-0.15, -0.1) is 6.58 Å². The van der Waals surface area contributed by atoms with Crippen LogP contribution < -0.4 is 0 Å². The molecule has 3 unspecified atom stereocenters. The van der Waals surface area contributed by atoms with Crippen molar-refractivity contribution < 1.29 is 0 Å². The lowest BCUT2D eigenvalue weighted by Gasteiger charge is -2.23. The Kier molecular flexibility index (Phi) is 16.6. The highest BCUT2D eigenvalue weighted by atomic mass is 14.7. The van der Waals surface area contributed by atoms with Gasteiger partial charge in [-0.1, -0.05) is 173 Å². The lowest BCUT2D eigenvalue weighted by molar-refractivity contribution is 0.402. The Balaban J connectivity index is 0.923. The first kappa shape index (κ1) is 45.6. The maximum absolute atomic E-state index is 5.42. The maximum atomic E-state index is 5.42. The largest absolute Gasteiger partial charge is 0.253 e. The molecule has 3 atom stereocenters. The summed E-state index contributed by atoms with van der Waals surface area (Å²) in [7, 11) is 0. The molecule has 0 amide bonds. The zero-order valence-corrected chi connectivity index (χ0v) is 39.4. The number of fused-ring (bicyclic) bond motifs is 1. The van der Waals surface area contributed by atoms with Crippen LogP contribution in [0.5, 0.6) is 0 Å². The van der Waals surface area contributed by atoms with E-state index < -0.39 is 0 Å². The molecule has 0 bridgehead atoms. The summed E-state index contributed by atoms with van der Waals surface area (Å²) in [5, 5.41) is 0. The Morgan fingerprint density at radius 3 is 2.17 bits per heavy atom. The summed E-state index contributed by atoms with van der Waals surface area (Å²) < 4.78 is 0. The van der Waals surface area contributed by atoms with Crippen molar-refractivity contribution in [2.24, 2.45) is 11.8 Å². The summed E-state index contributed by atoms with van der Waals surface area (Å²) in [6.45, 7) is 8.77. The highest BCUT2D eigenvalue weighted by molar-refractivity contribution is 5.79. The van der Waals surface area contributed by atoms with Crippen LogP contribution in [0.3, 0.4) is 0 Å². The molecule has 1 heterocycles. The van der Waals surface area contributed by atoms with E-state index in [1.54, 1.807) is 5.57 Å². The van der Waals surface area contributed by atoms with Gasteiger partial charge in [-0.3, -0.25) is 4.98 Å². The van der Waals surface area contributed by atoms with E-state index in [0.717, 1.165) is 24.5 Å². The monoisotopic (exact) mass is 846 g/mol. The van der Waals surface area contributed by atoms with Crippen LogP contribution in [0.2, 0.25) is 0 Å². The normalized spacial score (nSPS) is 18.4. The van der Waals surface area contributed by atoms with Crippen LogP contribution in [-0.2, 0) is 12.8 Å². The average Bonchev–Trinajstić information content (AvgIpc) is 3.54. The van der Waals surface area contributed by atoms with Gasteiger partial charge in [-0.25, -0.2) is 0 Å². The first-order chi connectivity index (χ1) is 31.5. The fourth-order valence-corrected chi connectivity index (χ4v) is 11.1. The standard InChI is InChI=1S/C63H75N/c1-4-6-7-8-9-12-23-48-25-18-26-49(40-48)24-13-10-14-27-50(5-2)52-31-19-32-53(41-52)54-33-20-34-55(42-54)56-35-21-36-58(43-56)61-45-62(51-28-15-11-16-29-51)64-63(46-61)60-38-37-59-39-47(3)22-17-30-57(59)44-60/h4-6,17,19-22,25,31-38,41-47,49-51H,2,7-16,18,23-24,26-30,39-40H2,1,3H3. The molecule has 3 aliphatic carbocycles. The van der Waals surface area contributed by atoms with E-state index in [4.69, 9.17) is 4.98 Å². The van der Waals surface area contributed by atoms with Crippen molar-refractivity contribution in [2.75, 3.05) is 0 Å². The Morgan fingerprint density at radius 1 is 0.672 bits per heavy atom. The van der Waals surface area contributed by atoms with E-state index in [0.29, 0.717) is 17.8 Å². The Labute approximate surface area is 388 Å². The summed E-state index contributed by atoms with van der Waals surface area (Å²) in [4.78, 5) is 5.42. The minimum Gasteiger partial charge on any atom is -0.253 e. The third kappa shape index (κ3) is 12.4. The number of hydrogen-bond acceptors (Lipinski definition) is 1. The van der Waals surface area contributed by atoms with E-state index >= 15 is 0 Å². The number of unbranched alkanes of at least 4 members (excludes halogenated alkanes) is 5. The van der Waals surface area contributed by atoms with Gasteiger partial charge in [-0.2, -0.15) is 0 Å². The second kappa shape index (κ2) is 23.3. The van der Waals surface area contributed by atoms with Crippen LogP contribution in [0.1, 0.15) is 164 Å². The van der Waals surface area contributed by atoms with Gasteiger partial charge >= 0.3 is 0 Å². The smallest absolute Gasteiger partial charge is 0.0711 e. The SMILES string of the molecule is C=CC(CCCCCC1CCC=C(CCCCCC=CC)C1)c1cccc(-c2cccc(-c3cccc(-c4cc(-c5ccc6c(c5)CC=CC(C)C6)nc(C5CCCCC5)c4)c3)c2)c1. The molecule has 0 N–H and O–H groups in total. The summed E-state index contributed by atoms with van der Waals surface area (Å²) >= 11 is 0. The average molecular weight is 846 g/mol. The fraction of sp³-hybridized carbons (Fsp3) is 0.413. The zero-order valence-electron chi connectivity index (χ0n) is 39.4. The number of nitrogens with zero attached hydrogens (tertiary/aromatic N) is 1. The summed E-state index contributed by atoms with van der Waals surface area (Å²) in [6, 6.07) is 39.5. The molecule has 1 saturated carbocycles. The van der Waals surface area contributed by atoms with Gasteiger partial charge in [0, 0.05) is 23.1 Å². The summed E-state index contributed by atoms with van der Waals surface area (Å²) in [6.07, 6.45) is 39.7.